The topological polar surface area (TPSA) is 56.0 Å². The Morgan fingerprint density at radius 3 is 2.64 bits per heavy atom. The number of likely N-dealkylation sites (tertiary alicyclic amines) is 1. The molecule has 2 aromatic heterocycles. The number of piperidine rings is 1. The third-order valence-corrected chi connectivity index (χ3v) is 5.09. The third kappa shape index (κ3) is 3.04. The van der Waals surface area contributed by atoms with Gasteiger partial charge in [-0.2, -0.15) is 10.2 Å². The maximum absolute atomic E-state index is 12.7. The largest absolute Gasteiger partial charge is 0.342 e. The summed E-state index contributed by atoms with van der Waals surface area (Å²) in [6, 6.07) is 10.5. The zero-order valence-corrected chi connectivity index (χ0v) is 14.7. The highest BCUT2D eigenvalue weighted by Gasteiger charge is 2.25. The van der Waals surface area contributed by atoms with Gasteiger partial charge in [-0.15, -0.1) is 0 Å². The Morgan fingerprint density at radius 2 is 1.92 bits per heavy atom. The Hall–Kier alpha value is -2.63. The van der Waals surface area contributed by atoms with Crippen molar-refractivity contribution in [2.24, 2.45) is 7.05 Å². The number of amides is 1. The molecule has 0 spiro atoms. The van der Waals surface area contributed by atoms with Gasteiger partial charge in [0.2, 0.25) is 5.91 Å². The molecule has 130 valence electrons. The van der Waals surface area contributed by atoms with Crippen LogP contribution in [0.25, 0.3) is 10.9 Å². The summed E-state index contributed by atoms with van der Waals surface area (Å²) < 4.78 is 3.90. The monoisotopic (exact) mass is 337 g/mol. The van der Waals surface area contributed by atoms with Gasteiger partial charge in [-0.1, -0.05) is 18.2 Å². The van der Waals surface area contributed by atoms with Gasteiger partial charge >= 0.3 is 0 Å². The summed E-state index contributed by atoms with van der Waals surface area (Å²) in [5.74, 6) is 0.166. The van der Waals surface area contributed by atoms with Gasteiger partial charge < -0.3 is 4.90 Å². The first kappa shape index (κ1) is 15.9. The highest BCUT2D eigenvalue weighted by Crippen LogP contribution is 2.23. The molecule has 1 aliphatic rings. The predicted molar refractivity (Wildman–Crippen MR) is 96.2 cm³/mol. The maximum atomic E-state index is 12.7. The van der Waals surface area contributed by atoms with E-state index in [0.29, 0.717) is 12.5 Å². The fourth-order valence-electron chi connectivity index (χ4n) is 3.69. The van der Waals surface area contributed by atoms with Gasteiger partial charge in [0.05, 0.1) is 29.4 Å². The summed E-state index contributed by atoms with van der Waals surface area (Å²) in [7, 11) is 1.92. The molecule has 25 heavy (non-hydrogen) atoms. The van der Waals surface area contributed by atoms with E-state index in [0.717, 1.165) is 48.2 Å². The fourth-order valence-corrected chi connectivity index (χ4v) is 3.69. The fraction of sp³-hybridized carbons (Fsp3) is 0.421. The van der Waals surface area contributed by atoms with Crippen LogP contribution in [0.4, 0.5) is 0 Å². The molecule has 0 N–H and O–H groups in total. The van der Waals surface area contributed by atoms with E-state index >= 15 is 0 Å². The first-order valence-corrected chi connectivity index (χ1v) is 8.82. The minimum absolute atomic E-state index is 0.166. The molecule has 0 aliphatic carbocycles. The summed E-state index contributed by atoms with van der Waals surface area (Å²) >= 11 is 0. The number of benzene rings is 1. The van der Waals surface area contributed by atoms with Crippen molar-refractivity contribution in [2.45, 2.75) is 32.2 Å². The van der Waals surface area contributed by atoms with Crippen LogP contribution in [0, 0.1) is 6.92 Å². The van der Waals surface area contributed by atoms with Crippen LogP contribution in [0.15, 0.2) is 36.5 Å². The first-order chi connectivity index (χ1) is 12.1. The van der Waals surface area contributed by atoms with Gasteiger partial charge in [0.25, 0.3) is 0 Å². The number of rotatable bonds is 3. The minimum Gasteiger partial charge on any atom is -0.342 e. The van der Waals surface area contributed by atoms with Crippen molar-refractivity contribution in [1.82, 2.24) is 24.5 Å². The number of hydrogen-bond donors (Lipinski definition) is 0. The van der Waals surface area contributed by atoms with Crippen LogP contribution in [0.1, 0.15) is 30.3 Å². The van der Waals surface area contributed by atoms with Crippen LogP contribution in [-0.4, -0.2) is 43.5 Å². The Kier molecular flexibility index (Phi) is 4.03. The molecule has 0 radical (unpaired) electrons. The lowest BCUT2D eigenvalue weighted by atomic mass is 10.0. The summed E-state index contributed by atoms with van der Waals surface area (Å²) in [6.07, 6.45) is 4.32. The zero-order chi connectivity index (χ0) is 17.4. The van der Waals surface area contributed by atoms with Gasteiger partial charge in [0.15, 0.2) is 0 Å². The van der Waals surface area contributed by atoms with Crippen molar-refractivity contribution in [1.29, 1.82) is 0 Å². The molecule has 6 nitrogen and oxygen atoms in total. The number of carbonyl (C=O) groups excluding carboxylic acids is 1. The summed E-state index contributed by atoms with van der Waals surface area (Å²) in [4.78, 5) is 14.7. The molecule has 3 aromatic rings. The second kappa shape index (κ2) is 6.35. The molecular weight excluding hydrogens is 314 g/mol. The Morgan fingerprint density at radius 1 is 1.16 bits per heavy atom. The van der Waals surface area contributed by atoms with Gasteiger partial charge in [0.1, 0.15) is 0 Å². The molecule has 1 saturated heterocycles. The lowest BCUT2D eigenvalue weighted by molar-refractivity contribution is -0.131. The standard InChI is InChI=1S/C19H23N5O/c1-14-7-12-24(20-14)15-8-10-23(11-9-15)19(25)13-17-16-5-3-4-6-18(16)22(2)21-17/h3-7,12,15H,8-11,13H2,1-2H3. The van der Waals surface area contributed by atoms with Crippen LogP contribution in [0.5, 0.6) is 0 Å². The van der Waals surface area contributed by atoms with E-state index in [4.69, 9.17) is 0 Å². The number of nitrogens with zero attached hydrogens (tertiary/aromatic N) is 5. The van der Waals surface area contributed by atoms with Crippen LogP contribution in [0.3, 0.4) is 0 Å². The van der Waals surface area contributed by atoms with Crippen molar-refractivity contribution in [3.8, 4) is 0 Å². The van der Waals surface area contributed by atoms with E-state index in [-0.39, 0.29) is 5.91 Å². The predicted octanol–water partition coefficient (Wildman–Crippen LogP) is 2.48. The van der Waals surface area contributed by atoms with Gasteiger partial charge in [0, 0.05) is 31.7 Å². The molecule has 1 aliphatic heterocycles. The molecule has 0 atom stereocenters. The number of carbonyl (C=O) groups is 1. The molecule has 0 bridgehead atoms. The normalized spacial score (nSPS) is 15.8. The molecule has 3 heterocycles. The number of fused-ring (bicyclic) bond motifs is 1. The molecular formula is C19H23N5O. The highest BCUT2D eigenvalue weighted by molar-refractivity contribution is 5.87. The van der Waals surface area contributed by atoms with Crippen LogP contribution < -0.4 is 0 Å². The van der Waals surface area contributed by atoms with Gasteiger partial charge in [-0.3, -0.25) is 14.2 Å². The number of para-hydroxylation sites is 1. The van der Waals surface area contributed by atoms with E-state index in [1.54, 1.807) is 0 Å². The average molecular weight is 337 g/mol. The lowest BCUT2D eigenvalue weighted by Crippen LogP contribution is -2.40. The number of aromatic nitrogens is 4. The van der Waals surface area contributed by atoms with Gasteiger partial charge in [-0.25, -0.2) is 0 Å². The molecule has 0 unspecified atom stereocenters. The Labute approximate surface area is 147 Å². The molecule has 6 heteroatoms. The lowest BCUT2D eigenvalue weighted by Gasteiger charge is -2.32. The van der Waals surface area contributed by atoms with E-state index in [9.17, 15) is 4.79 Å². The Bertz CT molecular complexity index is 902. The smallest absolute Gasteiger partial charge is 0.228 e. The Balaban J connectivity index is 1.42. The highest BCUT2D eigenvalue weighted by atomic mass is 16.2. The first-order valence-electron chi connectivity index (χ1n) is 8.82. The molecule has 0 saturated carbocycles. The summed E-state index contributed by atoms with van der Waals surface area (Å²) in [5, 5.41) is 10.1. The van der Waals surface area contributed by atoms with Crippen molar-refractivity contribution in [3.05, 3.63) is 47.9 Å². The quantitative estimate of drug-likeness (QED) is 0.738. The maximum Gasteiger partial charge on any atom is 0.228 e. The van der Waals surface area contributed by atoms with E-state index in [1.165, 1.54) is 0 Å². The van der Waals surface area contributed by atoms with Crippen LogP contribution in [-0.2, 0) is 18.3 Å². The third-order valence-electron chi connectivity index (χ3n) is 5.09. The van der Waals surface area contributed by atoms with E-state index in [1.807, 2.05) is 64.8 Å². The number of aryl methyl sites for hydroxylation is 2. The second-order valence-electron chi connectivity index (χ2n) is 6.81. The SMILES string of the molecule is Cc1ccn(C2CCN(C(=O)Cc3nn(C)c4ccccc34)CC2)n1. The van der Waals surface area contributed by atoms with Crippen molar-refractivity contribution < 1.29 is 4.79 Å². The molecule has 1 amide bonds. The average Bonchev–Trinajstić information content (AvgIpc) is 3.20. The molecule has 1 fully saturated rings. The van der Waals surface area contributed by atoms with E-state index < -0.39 is 0 Å². The second-order valence-corrected chi connectivity index (χ2v) is 6.81. The van der Waals surface area contributed by atoms with Crippen LogP contribution >= 0.6 is 0 Å². The summed E-state index contributed by atoms with van der Waals surface area (Å²) in [6.45, 7) is 3.58. The van der Waals surface area contributed by atoms with E-state index in [2.05, 4.69) is 10.2 Å². The minimum atomic E-state index is 0.166. The van der Waals surface area contributed by atoms with Gasteiger partial charge in [-0.05, 0) is 31.9 Å². The molecule has 4 rings (SSSR count). The van der Waals surface area contributed by atoms with Crippen molar-refractivity contribution in [2.75, 3.05) is 13.1 Å². The van der Waals surface area contributed by atoms with Crippen molar-refractivity contribution in [3.63, 3.8) is 0 Å². The van der Waals surface area contributed by atoms with Crippen LogP contribution in [0.2, 0.25) is 0 Å². The summed E-state index contributed by atoms with van der Waals surface area (Å²) in [5.41, 5.74) is 2.98. The van der Waals surface area contributed by atoms with Crippen molar-refractivity contribution >= 4 is 16.8 Å². The zero-order valence-electron chi connectivity index (χ0n) is 14.7. The molecule has 1 aromatic carbocycles. The number of hydrogen-bond acceptors (Lipinski definition) is 3.